The molecule has 21 heavy (non-hydrogen) atoms. The first-order chi connectivity index (χ1) is 9.75. The number of hydrogen-bond acceptors (Lipinski definition) is 4. The van der Waals surface area contributed by atoms with Gasteiger partial charge in [-0.2, -0.15) is 0 Å². The summed E-state index contributed by atoms with van der Waals surface area (Å²) in [6.07, 6.45) is 0.123. The first kappa shape index (κ1) is 17.6. The fourth-order valence-electron chi connectivity index (χ4n) is 1.55. The number of hydrogen-bond donors (Lipinski definition) is 1. The predicted octanol–water partition coefficient (Wildman–Crippen LogP) is 1.09. The van der Waals surface area contributed by atoms with E-state index in [1.807, 2.05) is 13.8 Å². The minimum atomic E-state index is -3.47. The molecule has 0 spiro atoms. The van der Waals surface area contributed by atoms with E-state index in [1.165, 1.54) is 38.4 Å². The predicted molar refractivity (Wildman–Crippen MR) is 80.7 cm³/mol. The highest BCUT2D eigenvalue weighted by molar-refractivity contribution is 7.89. The molecule has 118 valence electrons. The molecule has 6 nitrogen and oxygen atoms in total. The number of carbonyl (C=O) groups excluding carboxylic acids is 1. The molecule has 0 aliphatic heterocycles. The molecule has 0 aromatic heterocycles. The number of carbonyl (C=O) groups is 1. The largest absolute Gasteiger partial charge is 0.377 e. The van der Waals surface area contributed by atoms with Crippen LogP contribution in [-0.4, -0.2) is 52.0 Å². The minimum Gasteiger partial charge on any atom is -0.377 e. The van der Waals surface area contributed by atoms with Crippen LogP contribution in [-0.2, 0) is 14.8 Å². The van der Waals surface area contributed by atoms with Crippen molar-refractivity contribution in [1.82, 2.24) is 9.62 Å². The van der Waals surface area contributed by atoms with E-state index < -0.39 is 10.0 Å². The Morgan fingerprint density at radius 3 is 2.29 bits per heavy atom. The van der Waals surface area contributed by atoms with Crippen LogP contribution in [0.1, 0.15) is 24.2 Å². The fourth-order valence-corrected chi connectivity index (χ4v) is 2.45. The normalized spacial score (nSPS) is 11.9. The molecule has 1 amide bonds. The molecule has 0 fully saturated rings. The number of rotatable bonds is 7. The van der Waals surface area contributed by atoms with Crippen molar-refractivity contribution in [2.75, 3.05) is 27.2 Å². The van der Waals surface area contributed by atoms with E-state index in [2.05, 4.69) is 5.32 Å². The molecule has 0 radical (unpaired) electrons. The Bertz CT molecular complexity index is 565. The van der Waals surface area contributed by atoms with Crippen molar-refractivity contribution in [3.8, 4) is 0 Å². The molecule has 1 rings (SSSR count). The average molecular weight is 314 g/mol. The Labute approximate surface area is 126 Å². The second-order valence-corrected chi connectivity index (χ2v) is 7.14. The zero-order valence-electron chi connectivity index (χ0n) is 12.8. The van der Waals surface area contributed by atoms with Crippen molar-refractivity contribution in [3.05, 3.63) is 29.8 Å². The fraction of sp³-hybridized carbons (Fsp3) is 0.500. The molecule has 0 bridgehead atoms. The van der Waals surface area contributed by atoms with Gasteiger partial charge >= 0.3 is 0 Å². The van der Waals surface area contributed by atoms with Crippen molar-refractivity contribution < 1.29 is 17.9 Å². The van der Waals surface area contributed by atoms with Gasteiger partial charge in [-0.3, -0.25) is 4.79 Å². The highest BCUT2D eigenvalue weighted by atomic mass is 32.2. The average Bonchev–Trinajstić information content (AvgIpc) is 2.43. The van der Waals surface area contributed by atoms with Gasteiger partial charge in [0.05, 0.1) is 17.6 Å². The maximum absolute atomic E-state index is 11.9. The van der Waals surface area contributed by atoms with Gasteiger partial charge < -0.3 is 10.1 Å². The molecule has 0 saturated heterocycles. The summed E-state index contributed by atoms with van der Waals surface area (Å²) in [6.45, 7) is 4.70. The number of amides is 1. The highest BCUT2D eigenvalue weighted by Crippen LogP contribution is 2.13. The van der Waals surface area contributed by atoms with Crippen molar-refractivity contribution in [2.45, 2.75) is 24.8 Å². The van der Waals surface area contributed by atoms with Gasteiger partial charge in [0.15, 0.2) is 0 Å². The Hall–Kier alpha value is -1.44. The van der Waals surface area contributed by atoms with Crippen LogP contribution >= 0.6 is 0 Å². The van der Waals surface area contributed by atoms with Crippen LogP contribution in [0.4, 0.5) is 0 Å². The Kier molecular flexibility index (Phi) is 6.32. The molecule has 0 heterocycles. The molecule has 0 atom stereocenters. The lowest BCUT2D eigenvalue weighted by Crippen LogP contribution is -2.28. The van der Waals surface area contributed by atoms with Crippen LogP contribution in [0.3, 0.4) is 0 Å². The molecule has 0 saturated carbocycles. The van der Waals surface area contributed by atoms with Crippen LogP contribution < -0.4 is 5.32 Å². The molecular weight excluding hydrogens is 292 g/mol. The zero-order chi connectivity index (χ0) is 16.0. The van der Waals surface area contributed by atoms with E-state index in [0.29, 0.717) is 18.7 Å². The van der Waals surface area contributed by atoms with E-state index in [4.69, 9.17) is 4.74 Å². The molecule has 1 aromatic rings. The minimum absolute atomic E-state index is 0.123. The lowest BCUT2D eigenvalue weighted by Gasteiger charge is -2.12. The van der Waals surface area contributed by atoms with Gasteiger partial charge in [0.25, 0.3) is 5.91 Å². The van der Waals surface area contributed by atoms with Gasteiger partial charge in [0.2, 0.25) is 10.0 Å². The summed E-state index contributed by atoms with van der Waals surface area (Å²) in [6, 6.07) is 5.84. The standard InChI is InChI=1S/C14H22N2O4S/c1-11(2)20-10-9-15-14(17)12-5-7-13(8-6-12)21(18,19)16(3)4/h5-8,11H,9-10H2,1-4H3,(H,15,17). The summed E-state index contributed by atoms with van der Waals surface area (Å²) in [5.41, 5.74) is 0.414. The van der Waals surface area contributed by atoms with Crippen LogP contribution in [0.25, 0.3) is 0 Å². The molecule has 1 aromatic carbocycles. The number of ether oxygens (including phenoxy) is 1. The van der Waals surface area contributed by atoms with E-state index in [1.54, 1.807) is 0 Å². The van der Waals surface area contributed by atoms with Crippen molar-refractivity contribution in [3.63, 3.8) is 0 Å². The number of nitrogens with zero attached hydrogens (tertiary/aromatic N) is 1. The summed E-state index contributed by atoms with van der Waals surface area (Å²) in [5, 5.41) is 2.71. The zero-order valence-corrected chi connectivity index (χ0v) is 13.6. The third-order valence-electron chi connectivity index (χ3n) is 2.73. The SMILES string of the molecule is CC(C)OCCNC(=O)c1ccc(S(=O)(=O)N(C)C)cc1. The van der Waals surface area contributed by atoms with E-state index >= 15 is 0 Å². The summed E-state index contributed by atoms with van der Waals surface area (Å²) >= 11 is 0. The van der Waals surface area contributed by atoms with Gasteiger partial charge in [-0.1, -0.05) is 0 Å². The van der Waals surface area contributed by atoms with Crippen molar-refractivity contribution in [1.29, 1.82) is 0 Å². The van der Waals surface area contributed by atoms with Crippen molar-refractivity contribution in [2.24, 2.45) is 0 Å². The number of benzene rings is 1. The Balaban J connectivity index is 2.64. The maximum atomic E-state index is 11.9. The molecular formula is C14H22N2O4S. The summed E-state index contributed by atoms with van der Waals surface area (Å²) in [7, 11) is -0.542. The molecule has 1 N–H and O–H groups in total. The van der Waals surface area contributed by atoms with E-state index in [-0.39, 0.29) is 16.9 Å². The summed E-state index contributed by atoms with van der Waals surface area (Å²) < 4.78 is 30.2. The van der Waals surface area contributed by atoms with Crippen LogP contribution in [0, 0.1) is 0 Å². The third kappa shape index (κ3) is 5.11. The van der Waals surface area contributed by atoms with Gasteiger partial charge in [0, 0.05) is 26.2 Å². The van der Waals surface area contributed by atoms with Crippen LogP contribution in [0.2, 0.25) is 0 Å². The molecule has 7 heteroatoms. The van der Waals surface area contributed by atoms with Crippen molar-refractivity contribution >= 4 is 15.9 Å². The Morgan fingerprint density at radius 1 is 1.24 bits per heavy atom. The van der Waals surface area contributed by atoms with E-state index in [0.717, 1.165) is 4.31 Å². The number of nitrogens with one attached hydrogen (secondary N) is 1. The summed E-state index contributed by atoms with van der Waals surface area (Å²) in [4.78, 5) is 12.0. The van der Waals surface area contributed by atoms with Crippen LogP contribution in [0.5, 0.6) is 0 Å². The third-order valence-corrected chi connectivity index (χ3v) is 4.56. The topological polar surface area (TPSA) is 75.7 Å². The lowest BCUT2D eigenvalue weighted by atomic mass is 10.2. The first-order valence-electron chi connectivity index (χ1n) is 6.67. The molecule has 0 aliphatic rings. The van der Waals surface area contributed by atoms with Crippen LogP contribution in [0.15, 0.2) is 29.2 Å². The molecule has 0 unspecified atom stereocenters. The Morgan fingerprint density at radius 2 is 1.81 bits per heavy atom. The second kappa shape index (κ2) is 7.53. The number of sulfonamides is 1. The lowest BCUT2D eigenvalue weighted by molar-refractivity contribution is 0.0746. The van der Waals surface area contributed by atoms with Gasteiger partial charge in [-0.05, 0) is 38.1 Å². The van der Waals surface area contributed by atoms with Gasteiger partial charge in [0.1, 0.15) is 0 Å². The molecule has 0 aliphatic carbocycles. The maximum Gasteiger partial charge on any atom is 0.251 e. The highest BCUT2D eigenvalue weighted by Gasteiger charge is 2.17. The van der Waals surface area contributed by atoms with Gasteiger partial charge in [-0.25, -0.2) is 12.7 Å². The smallest absolute Gasteiger partial charge is 0.251 e. The van der Waals surface area contributed by atoms with E-state index in [9.17, 15) is 13.2 Å². The monoisotopic (exact) mass is 314 g/mol. The quantitative estimate of drug-likeness (QED) is 0.765. The first-order valence-corrected chi connectivity index (χ1v) is 8.11. The summed E-state index contributed by atoms with van der Waals surface area (Å²) in [5.74, 6) is -0.254. The second-order valence-electron chi connectivity index (χ2n) is 4.99. The van der Waals surface area contributed by atoms with Gasteiger partial charge in [-0.15, -0.1) is 0 Å².